The fourth-order valence-corrected chi connectivity index (χ4v) is 1.39. The Balaban J connectivity index is 1.98. The van der Waals surface area contributed by atoms with Crippen LogP contribution in [0.4, 0.5) is 5.82 Å². The molecular weight excluding hydrogens is 254 g/mol. The molecule has 0 aliphatic rings. The van der Waals surface area contributed by atoms with Crippen LogP contribution < -0.4 is 10.6 Å². The normalized spacial score (nSPS) is 9.78. The number of carbonyl (C=O) groups is 1. The van der Waals surface area contributed by atoms with E-state index in [1.807, 2.05) is 0 Å². The molecule has 0 aliphatic carbocycles. The average Bonchev–Trinajstić information content (AvgIpc) is 2.85. The van der Waals surface area contributed by atoms with Crippen LogP contribution in [0.1, 0.15) is 10.6 Å². The molecule has 1 amide bonds. The van der Waals surface area contributed by atoms with Gasteiger partial charge < -0.3 is 14.8 Å². The average molecular weight is 263 g/mol. The lowest BCUT2D eigenvalue weighted by Gasteiger charge is -2.08. The van der Waals surface area contributed by atoms with Gasteiger partial charge in [0.25, 0.3) is 5.91 Å². The highest BCUT2D eigenvalue weighted by molar-refractivity contribution is 7.80. The number of aromatic hydroxyl groups is 1. The molecule has 0 fully saturated rings. The number of anilines is 1. The number of pyridine rings is 1. The maximum absolute atomic E-state index is 11.6. The number of rotatable bonds is 2. The van der Waals surface area contributed by atoms with Crippen molar-refractivity contribution in [1.82, 2.24) is 10.3 Å². The zero-order chi connectivity index (χ0) is 13.0. The van der Waals surface area contributed by atoms with E-state index in [4.69, 9.17) is 16.6 Å². The van der Waals surface area contributed by atoms with Crippen LogP contribution in [0.25, 0.3) is 0 Å². The molecule has 2 aromatic rings. The Hall–Kier alpha value is -2.41. The monoisotopic (exact) mass is 263 g/mol. The Bertz CT molecular complexity index is 569. The van der Waals surface area contributed by atoms with Crippen molar-refractivity contribution in [2.75, 3.05) is 5.32 Å². The minimum Gasteiger partial charge on any atom is -0.504 e. The van der Waals surface area contributed by atoms with E-state index in [1.54, 1.807) is 12.1 Å². The van der Waals surface area contributed by atoms with Crippen molar-refractivity contribution >= 4 is 29.1 Å². The zero-order valence-electron chi connectivity index (χ0n) is 9.08. The van der Waals surface area contributed by atoms with Gasteiger partial charge in [-0.05, 0) is 36.5 Å². The summed E-state index contributed by atoms with van der Waals surface area (Å²) in [6.45, 7) is 0. The second-order valence-electron chi connectivity index (χ2n) is 3.26. The van der Waals surface area contributed by atoms with Crippen LogP contribution in [-0.2, 0) is 0 Å². The minimum absolute atomic E-state index is 0.0189. The van der Waals surface area contributed by atoms with Crippen LogP contribution in [0.2, 0.25) is 0 Å². The van der Waals surface area contributed by atoms with Crippen LogP contribution in [0.15, 0.2) is 41.1 Å². The Morgan fingerprint density at radius 1 is 1.39 bits per heavy atom. The van der Waals surface area contributed by atoms with Gasteiger partial charge in [0.05, 0.1) is 6.26 Å². The maximum atomic E-state index is 11.6. The van der Waals surface area contributed by atoms with Gasteiger partial charge in [0, 0.05) is 6.20 Å². The molecule has 0 spiro atoms. The molecular formula is C11H9N3O3S. The lowest BCUT2D eigenvalue weighted by molar-refractivity contribution is 0.0950. The number of carbonyl (C=O) groups excluding carboxylic acids is 1. The molecule has 0 aromatic carbocycles. The van der Waals surface area contributed by atoms with Gasteiger partial charge >= 0.3 is 0 Å². The first-order valence-corrected chi connectivity index (χ1v) is 5.37. The predicted octanol–water partition coefficient (Wildman–Crippen LogP) is 1.51. The van der Waals surface area contributed by atoms with Gasteiger partial charge in [0.15, 0.2) is 22.4 Å². The van der Waals surface area contributed by atoms with Gasteiger partial charge in [0.1, 0.15) is 0 Å². The summed E-state index contributed by atoms with van der Waals surface area (Å²) < 4.78 is 4.91. The summed E-state index contributed by atoms with van der Waals surface area (Å²) in [6, 6.07) is 6.13. The van der Waals surface area contributed by atoms with Crippen molar-refractivity contribution in [3.8, 4) is 5.75 Å². The summed E-state index contributed by atoms with van der Waals surface area (Å²) in [5.41, 5.74) is 0. The standard InChI is InChI=1S/C11H9N3O3S/c15-7-3-1-5-12-9(7)13-11(18)14-10(16)8-4-2-6-17-8/h1-6,15H,(H2,12,13,14,16,18). The van der Waals surface area contributed by atoms with Crippen LogP contribution in [-0.4, -0.2) is 21.1 Å². The molecule has 7 heteroatoms. The molecule has 0 aliphatic heterocycles. The number of furan rings is 1. The highest BCUT2D eigenvalue weighted by Gasteiger charge is 2.11. The number of amides is 1. The fraction of sp³-hybridized carbons (Fsp3) is 0. The highest BCUT2D eigenvalue weighted by atomic mass is 32.1. The minimum atomic E-state index is -0.479. The molecule has 0 radical (unpaired) electrons. The summed E-state index contributed by atoms with van der Waals surface area (Å²) in [6.07, 6.45) is 2.87. The number of hydrogen-bond acceptors (Lipinski definition) is 5. The van der Waals surface area contributed by atoms with Gasteiger partial charge in [-0.15, -0.1) is 0 Å². The van der Waals surface area contributed by atoms with Gasteiger partial charge in [0.2, 0.25) is 0 Å². The van der Waals surface area contributed by atoms with Crippen LogP contribution in [0, 0.1) is 0 Å². The fourth-order valence-electron chi connectivity index (χ4n) is 1.20. The topological polar surface area (TPSA) is 87.4 Å². The van der Waals surface area contributed by atoms with Crippen molar-refractivity contribution in [3.63, 3.8) is 0 Å². The first-order valence-electron chi connectivity index (χ1n) is 4.96. The van der Waals surface area contributed by atoms with Crippen molar-refractivity contribution in [2.24, 2.45) is 0 Å². The molecule has 92 valence electrons. The molecule has 18 heavy (non-hydrogen) atoms. The van der Waals surface area contributed by atoms with E-state index in [-0.39, 0.29) is 22.4 Å². The van der Waals surface area contributed by atoms with Gasteiger partial charge in [-0.25, -0.2) is 4.98 Å². The first kappa shape index (κ1) is 12.1. The third-order valence-electron chi connectivity index (χ3n) is 1.99. The lowest BCUT2D eigenvalue weighted by Crippen LogP contribution is -2.34. The van der Waals surface area contributed by atoms with Crippen molar-refractivity contribution in [3.05, 3.63) is 42.5 Å². The largest absolute Gasteiger partial charge is 0.504 e. The molecule has 3 N–H and O–H groups in total. The molecule has 2 heterocycles. The Labute approximate surface area is 108 Å². The third kappa shape index (κ3) is 2.83. The Morgan fingerprint density at radius 3 is 2.89 bits per heavy atom. The highest BCUT2D eigenvalue weighted by Crippen LogP contribution is 2.17. The van der Waals surface area contributed by atoms with Crippen molar-refractivity contribution in [2.45, 2.75) is 0 Å². The molecule has 2 rings (SSSR count). The summed E-state index contributed by atoms with van der Waals surface area (Å²) in [5, 5.41) is 14.5. The van der Waals surface area contributed by atoms with E-state index in [0.29, 0.717) is 0 Å². The van der Waals surface area contributed by atoms with Crippen molar-refractivity contribution < 1.29 is 14.3 Å². The van der Waals surface area contributed by atoms with Crippen LogP contribution >= 0.6 is 12.2 Å². The Morgan fingerprint density at radius 2 is 2.22 bits per heavy atom. The molecule has 0 unspecified atom stereocenters. The first-order chi connectivity index (χ1) is 8.66. The predicted molar refractivity (Wildman–Crippen MR) is 68.3 cm³/mol. The smallest absolute Gasteiger partial charge is 0.293 e. The van der Waals surface area contributed by atoms with E-state index in [2.05, 4.69) is 15.6 Å². The summed E-state index contributed by atoms with van der Waals surface area (Å²) >= 11 is 4.91. The molecule has 0 atom stereocenters. The molecule has 2 aromatic heterocycles. The number of nitrogens with one attached hydrogen (secondary N) is 2. The summed E-state index contributed by atoms with van der Waals surface area (Å²) in [4.78, 5) is 15.4. The molecule has 0 saturated heterocycles. The quantitative estimate of drug-likeness (QED) is 0.712. The van der Waals surface area contributed by atoms with E-state index in [0.717, 1.165) is 0 Å². The number of hydrogen-bond donors (Lipinski definition) is 3. The van der Waals surface area contributed by atoms with Crippen molar-refractivity contribution in [1.29, 1.82) is 0 Å². The molecule has 0 saturated carbocycles. The zero-order valence-corrected chi connectivity index (χ0v) is 9.90. The number of thiocarbonyl (C=S) groups is 1. The number of aromatic nitrogens is 1. The van der Waals surface area contributed by atoms with Gasteiger partial charge in [-0.1, -0.05) is 0 Å². The van der Waals surface area contributed by atoms with Crippen LogP contribution in [0.3, 0.4) is 0 Å². The van der Waals surface area contributed by atoms with Gasteiger partial charge in [-0.3, -0.25) is 10.1 Å². The SMILES string of the molecule is O=C(NC(=S)Nc1ncccc1O)c1ccco1. The molecule has 0 bridgehead atoms. The van der Waals surface area contributed by atoms with E-state index in [1.165, 1.54) is 24.6 Å². The second kappa shape index (κ2) is 5.28. The van der Waals surface area contributed by atoms with E-state index >= 15 is 0 Å². The summed E-state index contributed by atoms with van der Waals surface area (Å²) in [5.74, 6) is -0.230. The second-order valence-corrected chi connectivity index (χ2v) is 3.66. The van der Waals surface area contributed by atoms with Gasteiger partial charge in [-0.2, -0.15) is 0 Å². The van der Waals surface area contributed by atoms with Crippen LogP contribution in [0.5, 0.6) is 5.75 Å². The lowest BCUT2D eigenvalue weighted by atomic mass is 10.4. The van der Waals surface area contributed by atoms with E-state index < -0.39 is 5.91 Å². The van der Waals surface area contributed by atoms with E-state index in [9.17, 15) is 9.90 Å². The maximum Gasteiger partial charge on any atom is 0.293 e. The Kier molecular flexibility index (Phi) is 3.54. The number of nitrogens with zero attached hydrogens (tertiary/aromatic N) is 1. The molecule has 6 nitrogen and oxygen atoms in total. The summed E-state index contributed by atoms with van der Waals surface area (Å²) in [7, 11) is 0. The third-order valence-corrected chi connectivity index (χ3v) is 2.19.